The molecule has 0 unspecified atom stereocenters. The molecule has 1 saturated heterocycles. The average molecular weight is 286 g/mol. The van der Waals surface area contributed by atoms with E-state index < -0.39 is 5.97 Å². The Morgan fingerprint density at radius 1 is 1.24 bits per heavy atom. The van der Waals surface area contributed by atoms with E-state index >= 15 is 0 Å². The number of carboxylic acid groups (broad SMARTS) is 1. The topological polar surface area (TPSA) is 78.4 Å². The molecule has 2 aromatic rings. The first-order chi connectivity index (χ1) is 10.2. The van der Waals surface area contributed by atoms with Crippen molar-refractivity contribution in [2.24, 2.45) is 5.92 Å². The highest BCUT2D eigenvalue weighted by Gasteiger charge is 2.26. The lowest BCUT2D eigenvalue weighted by atomic mass is 9.97. The molecule has 0 saturated carbocycles. The number of para-hydroxylation sites is 2. The number of carbonyl (C=O) groups is 1. The van der Waals surface area contributed by atoms with Gasteiger partial charge < -0.3 is 15.3 Å². The van der Waals surface area contributed by atoms with Crippen molar-refractivity contribution in [3.8, 4) is 0 Å². The molecule has 0 amide bonds. The molecule has 1 aromatic carbocycles. The summed E-state index contributed by atoms with van der Waals surface area (Å²) in [6.07, 6.45) is 1.29. The average Bonchev–Trinajstić information content (AvgIpc) is 2.53. The maximum absolute atomic E-state index is 11.0. The van der Waals surface area contributed by atoms with Crippen molar-refractivity contribution < 1.29 is 9.90 Å². The molecule has 1 aliphatic rings. The predicted octanol–water partition coefficient (Wildman–Crippen LogP) is 1.97. The number of hydrogen-bond donors (Lipinski definition) is 2. The molecule has 0 radical (unpaired) electrons. The smallest absolute Gasteiger partial charge is 0.306 e. The van der Waals surface area contributed by atoms with E-state index in [4.69, 9.17) is 10.1 Å². The second-order valence-corrected chi connectivity index (χ2v) is 5.23. The van der Waals surface area contributed by atoms with E-state index in [0.717, 1.165) is 22.7 Å². The summed E-state index contributed by atoms with van der Waals surface area (Å²) in [5.41, 5.74) is 1.71. The molecule has 0 atom stereocenters. The number of nitrogens with one attached hydrogen (secondary N) is 1. The van der Waals surface area contributed by atoms with Crippen LogP contribution in [0, 0.1) is 5.92 Å². The Balaban J connectivity index is 1.91. The fourth-order valence-corrected chi connectivity index (χ4v) is 2.72. The van der Waals surface area contributed by atoms with Gasteiger partial charge in [0.15, 0.2) is 11.6 Å². The van der Waals surface area contributed by atoms with Gasteiger partial charge in [0.2, 0.25) is 0 Å². The summed E-state index contributed by atoms with van der Waals surface area (Å²) in [5, 5.41) is 12.2. The lowest BCUT2D eigenvalue weighted by Gasteiger charge is -2.31. The lowest BCUT2D eigenvalue weighted by Crippen LogP contribution is -2.37. The lowest BCUT2D eigenvalue weighted by molar-refractivity contribution is -0.142. The molecule has 1 aromatic heterocycles. The highest BCUT2D eigenvalue weighted by molar-refractivity contribution is 5.80. The number of aliphatic carboxylic acids is 1. The first-order valence-electron chi connectivity index (χ1n) is 7.11. The van der Waals surface area contributed by atoms with Crippen molar-refractivity contribution in [2.45, 2.75) is 12.8 Å². The van der Waals surface area contributed by atoms with Gasteiger partial charge in [-0.15, -0.1) is 0 Å². The van der Waals surface area contributed by atoms with Crippen LogP contribution in [0.25, 0.3) is 11.0 Å². The van der Waals surface area contributed by atoms with Crippen LogP contribution >= 0.6 is 0 Å². The molecule has 2 N–H and O–H groups in total. The van der Waals surface area contributed by atoms with Crippen molar-refractivity contribution in [2.75, 3.05) is 30.4 Å². The summed E-state index contributed by atoms with van der Waals surface area (Å²) >= 11 is 0. The number of benzene rings is 1. The van der Waals surface area contributed by atoms with Crippen LogP contribution in [0.3, 0.4) is 0 Å². The van der Waals surface area contributed by atoms with Crippen LogP contribution in [0.5, 0.6) is 0 Å². The number of nitrogens with zero attached hydrogens (tertiary/aromatic N) is 3. The van der Waals surface area contributed by atoms with Crippen molar-refractivity contribution in [3.63, 3.8) is 0 Å². The zero-order valence-electron chi connectivity index (χ0n) is 11.9. The second-order valence-electron chi connectivity index (χ2n) is 5.23. The predicted molar refractivity (Wildman–Crippen MR) is 81.7 cm³/mol. The van der Waals surface area contributed by atoms with E-state index in [-0.39, 0.29) is 5.92 Å². The molecular formula is C15H18N4O2. The van der Waals surface area contributed by atoms with E-state index in [0.29, 0.717) is 25.9 Å². The monoisotopic (exact) mass is 286 g/mol. The first-order valence-corrected chi connectivity index (χ1v) is 7.11. The highest BCUT2D eigenvalue weighted by atomic mass is 16.4. The van der Waals surface area contributed by atoms with E-state index in [1.165, 1.54) is 0 Å². The third-order valence-corrected chi connectivity index (χ3v) is 3.93. The van der Waals surface area contributed by atoms with Gasteiger partial charge in [-0.25, -0.2) is 9.97 Å². The molecule has 3 rings (SSSR count). The molecule has 0 aliphatic carbocycles. The summed E-state index contributed by atoms with van der Waals surface area (Å²) in [6.45, 7) is 1.39. The number of anilines is 2. The molecule has 1 aliphatic heterocycles. The third-order valence-electron chi connectivity index (χ3n) is 3.93. The SMILES string of the molecule is CNc1nc2ccccc2nc1N1CCC(C(=O)O)CC1. The van der Waals surface area contributed by atoms with Gasteiger partial charge in [0.1, 0.15) is 0 Å². The summed E-state index contributed by atoms with van der Waals surface area (Å²) < 4.78 is 0. The molecule has 6 heteroatoms. The molecule has 21 heavy (non-hydrogen) atoms. The Kier molecular flexibility index (Phi) is 3.60. The number of aromatic nitrogens is 2. The molecule has 6 nitrogen and oxygen atoms in total. The zero-order chi connectivity index (χ0) is 14.8. The van der Waals surface area contributed by atoms with Crippen molar-refractivity contribution in [1.29, 1.82) is 0 Å². The summed E-state index contributed by atoms with van der Waals surface area (Å²) in [7, 11) is 1.83. The number of piperidine rings is 1. The minimum Gasteiger partial charge on any atom is -0.481 e. The van der Waals surface area contributed by atoms with E-state index in [9.17, 15) is 4.79 Å². The van der Waals surface area contributed by atoms with Gasteiger partial charge in [-0.2, -0.15) is 0 Å². The number of hydrogen-bond acceptors (Lipinski definition) is 5. The maximum atomic E-state index is 11.0. The molecule has 0 bridgehead atoms. The number of rotatable bonds is 3. The standard InChI is InChI=1S/C15H18N4O2/c1-16-13-14(18-12-5-3-2-4-11(12)17-13)19-8-6-10(7-9-19)15(20)21/h2-5,10H,6-9H2,1H3,(H,16,17)(H,20,21). The van der Waals surface area contributed by atoms with E-state index in [2.05, 4.69) is 15.2 Å². The van der Waals surface area contributed by atoms with Gasteiger partial charge in [0.25, 0.3) is 0 Å². The van der Waals surface area contributed by atoms with E-state index in [1.54, 1.807) is 0 Å². The van der Waals surface area contributed by atoms with Crippen LogP contribution in [0.15, 0.2) is 24.3 Å². The third kappa shape index (κ3) is 2.61. The summed E-state index contributed by atoms with van der Waals surface area (Å²) in [4.78, 5) is 22.4. The van der Waals surface area contributed by atoms with Gasteiger partial charge in [0.05, 0.1) is 17.0 Å². The van der Waals surface area contributed by atoms with Gasteiger partial charge in [-0.3, -0.25) is 4.79 Å². The van der Waals surface area contributed by atoms with Crippen LogP contribution in [-0.2, 0) is 4.79 Å². The maximum Gasteiger partial charge on any atom is 0.306 e. The second kappa shape index (κ2) is 5.55. The molecule has 0 spiro atoms. The quantitative estimate of drug-likeness (QED) is 0.898. The Labute approximate surface area is 122 Å². The van der Waals surface area contributed by atoms with Gasteiger partial charge >= 0.3 is 5.97 Å². The minimum absolute atomic E-state index is 0.243. The Morgan fingerprint density at radius 3 is 2.43 bits per heavy atom. The number of fused-ring (bicyclic) bond motifs is 1. The van der Waals surface area contributed by atoms with Gasteiger partial charge in [-0.05, 0) is 25.0 Å². The van der Waals surface area contributed by atoms with Crippen LogP contribution in [-0.4, -0.2) is 41.2 Å². The normalized spacial score (nSPS) is 16.1. The Hall–Kier alpha value is -2.37. The fraction of sp³-hybridized carbons (Fsp3) is 0.400. The summed E-state index contributed by atoms with van der Waals surface area (Å²) in [5.74, 6) is 0.600. The van der Waals surface area contributed by atoms with Crippen LogP contribution in [0.2, 0.25) is 0 Å². The first kappa shape index (κ1) is 13.6. The van der Waals surface area contributed by atoms with Gasteiger partial charge in [0, 0.05) is 20.1 Å². The van der Waals surface area contributed by atoms with Crippen LogP contribution in [0.4, 0.5) is 11.6 Å². The highest BCUT2D eigenvalue weighted by Crippen LogP contribution is 2.28. The summed E-state index contributed by atoms with van der Waals surface area (Å²) in [6, 6.07) is 7.75. The largest absolute Gasteiger partial charge is 0.481 e. The molecule has 2 heterocycles. The minimum atomic E-state index is -0.701. The zero-order valence-corrected chi connectivity index (χ0v) is 11.9. The Bertz CT molecular complexity index is 666. The molecular weight excluding hydrogens is 268 g/mol. The molecule has 110 valence electrons. The van der Waals surface area contributed by atoms with Gasteiger partial charge in [-0.1, -0.05) is 12.1 Å². The van der Waals surface area contributed by atoms with Crippen LogP contribution in [0.1, 0.15) is 12.8 Å². The van der Waals surface area contributed by atoms with Crippen molar-refractivity contribution in [3.05, 3.63) is 24.3 Å². The van der Waals surface area contributed by atoms with E-state index in [1.807, 2.05) is 31.3 Å². The van der Waals surface area contributed by atoms with Crippen molar-refractivity contribution in [1.82, 2.24) is 9.97 Å². The Morgan fingerprint density at radius 2 is 1.86 bits per heavy atom. The van der Waals surface area contributed by atoms with Crippen molar-refractivity contribution >= 4 is 28.6 Å². The molecule has 1 fully saturated rings. The number of carboxylic acids is 1. The van der Waals surface area contributed by atoms with Crippen LogP contribution < -0.4 is 10.2 Å². The fourth-order valence-electron chi connectivity index (χ4n) is 2.72.